The predicted octanol–water partition coefficient (Wildman–Crippen LogP) is 3.60. The van der Waals surface area contributed by atoms with Crippen molar-refractivity contribution in [3.05, 3.63) is 29.8 Å². The maximum atomic E-state index is 12.3. The van der Waals surface area contributed by atoms with Crippen molar-refractivity contribution in [2.75, 3.05) is 13.1 Å². The van der Waals surface area contributed by atoms with Crippen LogP contribution >= 0.6 is 24.0 Å². The average molecular weight is 425 g/mol. The number of ether oxygens (including phenoxy) is 1. The minimum Gasteiger partial charge on any atom is -0.434 e. The fourth-order valence-corrected chi connectivity index (χ4v) is 2.41. The first kappa shape index (κ1) is 18.9. The van der Waals surface area contributed by atoms with E-state index in [0.717, 1.165) is 25.9 Å². The Morgan fingerprint density at radius 2 is 1.82 bits per heavy atom. The number of hydrogen-bond acceptors (Lipinski definition) is 2. The molecule has 1 aromatic rings. The van der Waals surface area contributed by atoms with E-state index in [2.05, 4.69) is 14.6 Å². The van der Waals surface area contributed by atoms with Crippen molar-refractivity contribution in [2.45, 2.75) is 38.8 Å². The second-order valence-corrected chi connectivity index (χ2v) is 5.06. The Hall–Kier alpha value is -1.12. The van der Waals surface area contributed by atoms with Gasteiger partial charge in [-0.05, 0) is 18.9 Å². The van der Waals surface area contributed by atoms with Crippen LogP contribution in [0.15, 0.2) is 29.3 Å². The Morgan fingerprint density at radius 1 is 1.18 bits per heavy atom. The molecule has 22 heavy (non-hydrogen) atoms. The number of nitrogens with two attached hydrogens (primary N) is 1. The van der Waals surface area contributed by atoms with Crippen LogP contribution in [0.5, 0.6) is 5.75 Å². The molecular formula is C15H22F2IN3O. The summed E-state index contributed by atoms with van der Waals surface area (Å²) in [6, 6.07) is 6.66. The van der Waals surface area contributed by atoms with Crippen molar-refractivity contribution < 1.29 is 13.5 Å². The minimum absolute atomic E-state index is 0. The lowest BCUT2D eigenvalue weighted by Crippen LogP contribution is -2.38. The SMILES string of the molecule is I.NC(=NCc1ccccc1OC(F)F)N1CCCCCC1. The van der Waals surface area contributed by atoms with Gasteiger partial charge in [0.25, 0.3) is 0 Å². The third-order valence-corrected chi connectivity index (χ3v) is 3.53. The summed E-state index contributed by atoms with van der Waals surface area (Å²) in [5, 5.41) is 0. The van der Waals surface area contributed by atoms with Gasteiger partial charge in [0.2, 0.25) is 0 Å². The first-order valence-electron chi connectivity index (χ1n) is 7.24. The van der Waals surface area contributed by atoms with Gasteiger partial charge in [-0.25, -0.2) is 4.99 Å². The summed E-state index contributed by atoms with van der Waals surface area (Å²) in [6.07, 6.45) is 4.66. The van der Waals surface area contributed by atoms with Gasteiger partial charge >= 0.3 is 6.61 Å². The molecule has 0 spiro atoms. The van der Waals surface area contributed by atoms with Crippen LogP contribution in [0.1, 0.15) is 31.2 Å². The first-order chi connectivity index (χ1) is 10.2. The van der Waals surface area contributed by atoms with Gasteiger partial charge in [-0.15, -0.1) is 24.0 Å². The minimum atomic E-state index is -2.84. The lowest BCUT2D eigenvalue weighted by Gasteiger charge is -2.21. The highest BCUT2D eigenvalue weighted by Crippen LogP contribution is 2.21. The van der Waals surface area contributed by atoms with Crippen LogP contribution in [0.2, 0.25) is 0 Å². The van der Waals surface area contributed by atoms with E-state index in [1.807, 2.05) is 0 Å². The Bertz CT molecular complexity index is 478. The molecule has 1 heterocycles. The van der Waals surface area contributed by atoms with E-state index in [0.29, 0.717) is 11.5 Å². The maximum Gasteiger partial charge on any atom is 0.387 e. The Morgan fingerprint density at radius 3 is 2.45 bits per heavy atom. The van der Waals surface area contributed by atoms with Gasteiger partial charge in [0.05, 0.1) is 6.54 Å². The highest BCUT2D eigenvalue weighted by Gasteiger charge is 2.12. The van der Waals surface area contributed by atoms with E-state index >= 15 is 0 Å². The second-order valence-electron chi connectivity index (χ2n) is 5.06. The number of likely N-dealkylation sites (tertiary alicyclic amines) is 1. The molecule has 1 aromatic carbocycles. The molecule has 7 heteroatoms. The molecule has 0 aromatic heterocycles. The van der Waals surface area contributed by atoms with Crippen molar-refractivity contribution in [2.24, 2.45) is 10.7 Å². The summed E-state index contributed by atoms with van der Waals surface area (Å²) < 4.78 is 29.2. The summed E-state index contributed by atoms with van der Waals surface area (Å²) in [7, 11) is 0. The zero-order valence-corrected chi connectivity index (χ0v) is 14.7. The zero-order valence-electron chi connectivity index (χ0n) is 12.4. The molecule has 1 aliphatic heterocycles. The normalized spacial score (nSPS) is 16.1. The summed E-state index contributed by atoms with van der Waals surface area (Å²) in [4.78, 5) is 6.38. The van der Waals surface area contributed by atoms with E-state index in [1.54, 1.807) is 18.2 Å². The van der Waals surface area contributed by atoms with E-state index in [9.17, 15) is 8.78 Å². The van der Waals surface area contributed by atoms with Gasteiger partial charge < -0.3 is 15.4 Å². The summed E-state index contributed by atoms with van der Waals surface area (Å²) in [5.74, 6) is 0.628. The molecule has 2 N–H and O–H groups in total. The lowest BCUT2D eigenvalue weighted by molar-refractivity contribution is -0.0504. The largest absolute Gasteiger partial charge is 0.434 e. The van der Waals surface area contributed by atoms with Crippen LogP contribution in [-0.4, -0.2) is 30.6 Å². The number of halogens is 3. The fraction of sp³-hybridized carbons (Fsp3) is 0.533. The van der Waals surface area contributed by atoms with Crippen LogP contribution in [0.4, 0.5) is 8.78 Å². The molecular weight excluding hydrogens is 403 g/mol. The lowest BCUT2D eigenvalue weighted by atomic mass is 10.2. The van der Waals surface area contributed by atoms with Gasteiger partial charge in [-0.3, -0.25) is 0 Å². The molecule has 1 fully saturated rings. The number of rotatable bonds is 4. The van der Waals surface area contributed by atoms with Crippen LogP contribution in [0.3, 0.4) is 0 Å². The summed E-state index contributed by atoms with van der Waals surface area (Å²) >= 11 is 0. The number of alkyl halides is 2. The van der Waals surface area contributed by atoms with Crippen molar-refractivity contribution in [1.82, 2.24) is 4.90 Å². The number of hydrogen-bond donors (Lipinski definition) is 1. The quantitative estimate of drug-likeness (QED) is 0.456. The highest BCUT2D eigenvalue weighted by atomic mass is 127. The van der Waals surface area contributed by atoms with Gasteiger partial charge in [0.1, 0.15) is 5.75 Å². The molecule has 2 rings (SSSR count). The van der Waals surface area contributed by atoms with Gasteiger partial charge in [0, 0.05) is 18.7 Å². The van der Waals surface area contributed by atoms with E-state index in [1.165, 1.54) is 18.9 Å². The Labute approximate surface area is 146 Å². The third-order valence-electron chi connectivity index (χ3n) is 3.53. The van der Waals surface area contributed by atoms with Gasteiger partial charge in [-0.2, -0.15) is 8.78 Å². The molecule has 4 nitrogen and oxygen atoms in total. The Balaban J connectivity index is 0.00000242. The monoisotopic (exact) mass is 425 g/mol. The molecule has 0 aliphatic carbocycles. The van der Waals surface area contributed by atoms with Crippen LogP contribution in [0.25, 0.3) is 0 Å². The highest BCUT2D eigenvalue weighted by molar-refractivity contribution is 14.0. The third kappa shape index (κ3) is 5.94. The molecule has 0 bridgehead atoms. The summed E-state index contributed by atoms with van der Waals surface area (Å²) in [6.45, 7) is -0.779. The van der Waals surface area contributed by atoms with Crippen molar-refractivity contribution in [3.8, 4) is 5.75 Å². The van der Waals surface area contributed by atoms with Crippen LogP contribution < -0.4 is 10.5 Å². The molecule has 0 saturated carbocycles. The molecule has 0 atom stereocenters. The standard InChI is InChI=1S/C15H21F2N3O.HI/c16-14(17)21-13-8-4-3-7-12(13)11-19-15(18)20-9-5-1-2-6-10-20;/h3-4,7-8,14H,1-2,5-6,9-11H2,(H2,18,19);1H. The number of aliphatic imine (C=N–C) groups is 1. The molecule has 0 radical (unpaired) electrons. The number of benzene rings is 1. The zero-order chi connectivity index (χ0) is 15.1. The van der Waals surface area contributed by atoms with Crippen LogP contribution in [-0.2, 0) is 6.54 Å². The predicted molar refractivity (Wildman–Crippen MR) is 93.9 cm³/mol. The van der Waals surface area contributed by atoms with Crippen LogP contribution in [0, 0.1) is 0 Å². The number of nitrogens with zero attached hydrogens (tertiary/aromatic N) is 2. The van der Waals surface area contributed by atoms with E-state index in [-0.39, 0.29) is 36.3 Å². The molecule has 0 unspecified atom stereocenters. The van der Waals surface area contributed by atoms with Gasteiger partial charge in [-0.1, -0.05) is 31.0 Å². The molecule has 1 saturated heterocycles. The average Bonchev–Trinajstić information content (AvgIpc) is 2.74. The number of guanidine groups is 1. The van der Waals surface area contributed by atoms with Crippen molar-refractivity contribution in [1.29, 1.82) is 0 Å². The fourth-order valence-electron chi connectivity index (χ4n) is 2.41. The summed E-state index contributed by atoms with van der Waals surface area (Å²) in [5.41, 5.74) is 6.61. The molecule has 1 aliphatic rings. The molecule has 0 amide bonds. The second kappa shape index (κ2) is 9.81. The first-order valence-corrected chi connectivity index (χ1v) is 7.24. The van der Waals surface area contributed by atoms with Crippen molar-refractivity contribution in [3.63, 3.8) is 0 Å². The van der Waals surface area contributed by atoms with E-state index in [4.69, 9.17) is 5.73 Å². The topological polar surface area (TPSA) is 50.9 Å². The molecule has 124 valence electrons. The van der Waals surface area contributed by atoms with E-state index < -0.39 is 6.61 Å². The van der Waals surface area contributed by atoms with Gasteiger partial charge in [0.15, 0.2) is 5.96 Å². The smallest absolute Gasteiger partial charge is 0.387 e. The number of para-hydroxylation sites is 1. The van der Waals surface area contributed by atoms with Crippen molar-refractivity contribution >= 4 is 29.9 Å². The Kier molecular flexibility index (Phi) is 8.44. The maximum absolute atomic E-state index is 12.3.